The first-order valence-corrected chi connectivity index (χ1v) is 8.00. The molecule has 0 spiro atoms. The lowest BCUT2D eigenvalue weighted by molar-refractivity contribution is 0.590. The topological polar surface area (TPSA) is 48.6 Å². The van der Waals surface area contributed by atoms with Crippen LogP contribution in [0.3, 0.4) is 0 Å². The van der Waals surface area contributed by atoms with Crippen LogP contribution in [0.5, 0.6) is 0 Å². The molecule has 3 nitrogen and oxygen atoms in total. The zero-order chi connectivity index (χ0) is 15.2. The molecule has 0 aliphatic heterocycles. The normalized spacial score (nSPS) is 12.0. The molecule has 0 fully saturated rings. The fourth-order valence-electron chi connectivity index (χ4n) is 2.34. The molecule has 0 aliphatic carbocycles. The number of nitrogens with one attached hydrogen (secondary N) is 2. The van der Waals surface area contributed by atoms with E-state index in [1.807, 2.05) is 5.38 Å². The Morgan fingerprint density at radius 3 is 2.38 bits per heavy atom. The molecule has 5 heteroatoms. The van der Waals surface area contributed by atoms with Gasteiger partial charge in [-0.05, 0) is 28.8 Å². The van der Waals surface area contributed by atoms with Crippen LogP contribution in [0.25, 0.3) is 21.3 Å². The molecule has 21 heavy (non-hydrogen) atoms. The second-order valence-electron chi connectivity index (χ2n) is 6.09. The van der Waals surface area contributed by atoms with E-state index in [0.717, 1.165) is 16.0 Å². The highest BCUT2D eigenvalue weighted by molar-refractivity contribution is 7.71. The molecule has 0 bridgehead atoms. The Hall–Kier alpha value is -1.72. The molecule has 0 radical (unpaired) electrons. The molecule has 2 N–H and O–H groups in total. The first-order valence-electron chi connectivity index (χ1n) is 6.71. The molecule has 2 aromatic heterocycles. The summed E-state index contributed by atoms with van der Waals surface area (Å²) in [7, 11) is 0. The number of benzene rings is 1. The van der Waals surface area contributed by atoms with E-state index in [4.69, 9.17) is 12.2 Å². The van der Waals surface area contributed by atoms with E-state index in [-0.39, 0.29) is 11.0 Å². The Labute approximate surface area is 131 Å². The van der Waals surface area contributed by atoms with Crippen LogP contribution in [0, 0.1) is 4.77 Å². The van der Waals surface area contributed by atoms with E-state index >= 15 is 0 Å². The summed E-state index contributed by atoms with van der Waals surface area (Å²) in [5.41, 5.74) is 3.26. The van der Waals surface area contributed by atoms with Crippen LogP contribution in [-0.2, 0) is 5.41 Å². The first kappa shape index (κ1) is 14.2. The fourth-order valence-corrected chi connectivity index (χ4v) is 3.57. The number of rotatable bonds is 1. The summed E-state index contributed by atoms with van der Waals surface area (Å²) < 4.78 is 0.365. The van der Waals surface area contributed by atoms with Crippen LogP contribution in [-0.4, -0.2) is 9.97 Å². The third-order valence-electron chi connectivity index (χ3n) is 3.53. The van der Waals surface area contributed by atoms with E-state index in [1.165, 1.54) is 16.9 Å². The molecule has 0 unspecified atom stereocenters. The number of aromatic nitrogens is 2. The predicted molar refractivity (Wildman–Crippen MR) is 91.8 cm³/mol. The second-order valence-corrected chi connectivity index (χ2v) is 7.38. The monoisotopic (exact) mass is 316 g/mol. The SMILES string of the molecule is CC(C)(C)c1ccc(-c2csc3[nH]c(=S)[nH]c(=O)c23)cc1. The van der Waals surface area contributed by atoms with Gasteiger partial charge in [0.1, 0.15) is 4.83 Å². The van der Waals surface area contributed by atoms with Crippen molar-refractivity contribution in [2.45, 2.75) is 26.2 Å². The largest absolute Gasteiger partial charge is 0.323 e. The van der Waals surface area contributed by atoms with Gasteiger partial charge >= 0.3 is 0 Å². The van der Waals surface area contributed by atoms with Crippen molar-refractivity contribution < 1.29 is 0 Å². The number of fused-ring (bicyclic) bond motifs is 1. The molecule has 0 saturated heterocycles. The Bertz CT molecular complexity index is 908. The maximum Gasteiger partial charge on any atom is 0.261 e. The van der Waals surface area contributed by atoms with Gasteiger partial charge in [-0.3, -0.25) is 9.78 Å². The number of hydrogen-bond acceptors (Lipinski definition) is 3. The minimum Gasteiger partial charge on any atom is -0.323 e. The Morgan fingerprint density at radius 2 is 1.76 bits per heavy atom. The molecule has 1 aromatic carbocycles. The summed E-state index contributed by atoms with van der Waals surface area (Å²) in [5, 5.41) is 2.68. The highest BCUT2D eigenvalue weighted by Gasteiger charge is 2.15. The van der Waals surface area contributed by atoms with Gasteiger partial charge in [0.25, 0.3) is 5.56 Å². The Kier molecular flexibility index (Phi) is 3.34. The van der Waals surface area contributed by atoms with Crippen LogP contribution in [0.15, 0.2) is 34.4 Å². The zero-order valence-electron chi connectivity index (χ0n) is 12.1. The summed E-state index contributed by atoms with van der Waals surface area (Å²) in [5.74, 6) is 0. The molecule has 0 saturated carbocycles. The van der Waals surface area contributed by atoms with Crippen molar-refractivity contribution >= 4 is 33.8 Å². The molecule has 2 heterocycles. The van der Waals surface area contributed by atoms with E-state index in [0.29, 0.717) is 10.2 Å². The molecular formula is C16H16N2OS2. The summed E-state index contributed by atoms with van der Waals surface area (Å²) in [6, 6.07) is 8.39. The maximum absolute atomic E-state index is 12.1. The molecule has 0 amide bonds. The van der Waals surface area contributed by atoms with E-state index in [2.05, 4.69) is 55.0 Å². The van der Waals surface area contributed by atoms with Gasteiger partial charge in [-0.1, -0.05) is 45.0 Å². The number of hydrogen-bond donors (Lipinski definition) is 2. The van der Waals surface area contributed by atoms with Crippen molar-refractivity contribution in [1.29, 1.82) is 0 Å². The summed E-state index contributed by atoms with van der Waals surface area (Å²) >= 11 is 6.51. The third-order valence-corrected chi connectivity index (χ3v) is 4.63. The van der Waals surface area contributed by atoms with Crippen molar-refractivity contribution in [1.82, 2.24) is 9.97 Å². The molecule has 3 rings (SSSR count). The number of H-pyrrole nitrogens is 2. The maximum atomic E-state index is 12.1. The first-order chi connectivity index (χ1) is 9.86. The highest BCUT2D eigenvalue weighted by atomic mass is 32.1. The lowest BCUT2D eigenvalue weighted by atomic mass is 9.86. The Morgan fingerprint density at radius 1 is 1.10 bits per heavy atom. The van der Waals surface area contributed by atoms with Crippen molar-refractivity contribution in [3.63, 3.8) is 0 Å². The minimum absolute atomic E-state index is 0.123. The zero-order valence-corrected chi connectivity index (χ0v) is 13.7. The van der Waals surface area contributed by atoms with E-state index in [9.17, 15) is 4.79 Å². The highest BCUT2D eigenvalue weighted by Crippen LogP contribution is 2.32. The summed E-state index contributed by atoms with van der Waals surface area (Å²) in [6.45, 7) is 6.56. The second kappa shape index (κ2) is 4.93. The average molecular weight is 316 g/mol. The van der Waals surface area contributed by atoms with E-state index < -0.39 is 0 Å². The van der Waals surface area contributed by atoms with Gasteiger partial charge in [0.05, 0.1) is 5.39 Å². The van der Waals surface area contributed by atoms with Crippen LogP contribution in [0.4, 0.5) is 0 Å². The fraction of sp³-hybridized carbons (Fsp3) is 0.250. The lowest BCUT2D eigenvalue weighted by Gasteiger charge is -2.19. The van der Waals surface area contributed by atoms with E-state index in [1.54, 1.807) is 0 Å². The number of thiophene rings is 1. The van der Waals surface area contributed by atoms with Crippen LogP contribution in [0.1, 0.15) is 26.3 Å². The van der Waals surface area contributed by atoms with Gasteiger partial charge in [-0.25, -0.2) is 0 Å². The van der Waals surface area contributed by atoms with Gasteiger partial charge in [-0.15, -0.1) is 11.3 Å². The summed E-state index contributed by atoms with van der Waals surface area (Å²) in [4.78, 5) is 18.7. The van der Waals surface area contributed by atoms with Crippen LogP contribution < -0.4 is 5.56 Å². The molecule has 3 aromatic rings. The van der Waals surface area contributed by atoms with Crippen molar-refractivity contribution in [2.75, 3.05) is 0 Å². The molecular weight excluding hydrogens is 300 g/mol. The average Bonchev–Trinajstić information content (AvgIpc) is 2.81. The molecule has 108 valence electrons. The predicted octanol–water partition coefficient (Wildman–Crippen LogP) is 4.61. The smallest absolute Gasteiger partial charge is 0.261 e. The summed E-state index contributed by atoms with van der Waals surface area (Å²) in [6.07, 6.45) is 0. The quantitative estimate of drug-likeness (QED) is 0.644. The lowest BCUT2D eigenvalue weighted by Crippen LogP contribution is -2.10. The molecule has 0 aliphatic rings. The van der Waals surface area contributed by atoms with Crippen LogP contribution >= 0.6 is 23.6 Å². The van der Waals surface area contributed by atoms with Crippen LogP contribution in [0.2, 0.25) is 0 Å². The van der Waals surface area contributed by atoms with Gasteiger partial charge in [0, 0.05) is 10.9 Å². The van der Waals surface area contributed by atoms with Gasteiger partial charge in [0.15, 0.2) is 4.77 Å². The standard InChI is InChI=1S/C16H16N2OS2/c1-16(2,3)10-6-4-9(5-7-10)11-8-21-14-12(11)13(19)17-15(20)18-14/h4-8H,1-3H3,(H2,17,18,19,20). The van der Waals surface area contributed by atoms with Gasteiger partial charge < -0.3 is 4.98 Å². The number of aromatic amines is 2. The van der Waals surface area contributed by atoms with Gasteiger partial charge in [0.2, 0.25) is 0 Å². The third kappa shape index (κ3) is 2.59. The van der Waals surface area contributed by atoms with Crippen molar-refractivity contribution in [2.24, 2.45) is 0 Å². The van der Waals surface area contributed by atoms with Crippen molar-refractivity contribution in [3.05, 3.63) is 50.3 Å². The van der Waals surface area contributed by atoms with Crippen molar-refractivity contribution in [3.8, 4) is 11.1 Å². The van der Waals surface area contributed by atoms with Gasteiger partial charge in [-0.2, -0.15) is 0 Å². The minimum atomic E-state index is -0.134. The molecule has 0 atom stereocenters. The Balaban J connectivity index is 2.17.